The molecule has 0 radical (unpaired) electrons. The molecule has 1 heterocycles. The fourth-order valence-corrected chi connectivity index (χ4v) is 3.48. The normalized spacial score (nSPS) is 13.6. The molecule has 124 valence electrons. The third kappa shape index (κ3) is 2.92. The monoisotopic (exact) mass is 362 g/mol. The molecule has 0 unspecified atom stereocenters. The summed E-state index contributed by atoms with van der Waals surface area (Å²) in [6.07, 6.45) is 0. The number of hydrogen-bond donors (Lipinski definition) is 5. The standard InChI is InChI=1S/C15H15ClN6OS/c16-9-4-10(13(12(5-9)24-19)14(17)21-22-18)7-1-2-8-6-20-15(23)11(8)3-7/h1-5,22H,6,18-19H2,(H2,17,21)(H,20,23). The first-order valence-corrected chi connectivity index (χ1v) is 8.21. The van der Waals surface area contributed by atoms with Gasteiger partial charge in [0.2, 0.25) is 0 Å². The maximum absolute atomic E-state index is 11.9. The molecular weight excluding hydrogens is 348 g/mol. The van der Waals surface area contributed by atoms with E-state index in [4.69, 9.17) is 28.3 Å². The lowest BCUT2D eigenvalue weighted by Crippen LogP contribution is -2.24. The fourth-order valence-electron chi connectivity index (χ4n) is 2.67. The summed E-state index contributed by atoms with van der Waals surface area (Å²) in [5.41, 5.74) is 11.9. The van der Waals surface area contributed by atoms with E-state index in [1.165, 1.54) is 0 Å². The maximum Gasteiger partial charge on any atom is 0.251 e. The van der Waals surface area contributed by atoms with Crippen molar-refractivity contribution < 1.29 is 4.79 Å². The van der Waals surface area contributed by atoms with E-state index in [1.54, 1.807) is 18.2 Å². The Morgan fingerprint density at radius 3 is 2.79 bits per heavy atom. The van der Waals surface area contributed by atoms with Crippen LogP contribution in [0.5, 0.6) is 0 Å². The van der Waals surface area contributed by atoms with Crippen LogP contribution in [0.1, 0.15) is 21.5 Å². The van der Waals surface area contributed by atoms with Crippen molar-refractivity contribution in [3.63, 3.8) is 0 Å². The predicted molar refractivity (Wildman–Crippen MR) is 96.2 cm³/mol. The molecule has 8 N–H and O–H groups in total. The number of amides is 1. The van der Waals surface area contributed by atoms with Gasteiger partial charge >= 0.3 is 0 Å². The number of nitrogens with one attached hydrogen (secondary N) is 2. The van der Waals surface area contributed by atoms with Crippen LogP contribution < -0.4 is 27.6 Å². The van der Waals surface area contributed by atoms with Gasteiger partial charge in [0.1, 0.15) is 0 Å². The van der Waals surface area contributed by atoms with Crippen LogP contribution in [0.3, 0.4) is 0 Å². The summed E-state index contributed by atoms with van der Waals surface area (Å²) in [6, 6.07) is 9.06. The average molecular weight is 363 g/mol. The summed E-state index contributed by atoms with van der Waals surface area (Å²) in [5, 5.41) is 12.9. The summed E-state index contributed by atoms with van der Waals surface area (Å²) in [7, 11) is 0. The smallest absolute Gasteiger partial charge is 0.251 e. The Kier molecular flexibility index (Phi) is 4.63. The van der Waals surface area contributed by atoms with Gasteiger partial charge in [-0.3, -0.25) is 9.93 Å². The third-order valence-corrected chi connectivity index (χ3v) is 4.53. The summed E-state index contributed by atoms with van der Waals surface area (Å²) >= 11 is 7.21. The second kappa shape index (κ2) is 6.70. The van der Waals surface area contributed by atoms with Gasteiger partial charge < -0.3 is 11.1 Å². The van der Waals surface area contributed by atoms with Gasteiger partial charge in [-0.05, 0) is 46.8 Å². The SMILES string of the molecule is NN/N=C(\N)c1c(SN)cc(Cl)cc1-c1ccc2c(c1)C(=O)NC2. The Balaban J connectivity index is 2.24. The van der Waals surface area contributed by atoms with Gasteiger partial charge in [-0.25, -0.2) is 11.4 Å². The van der Waals surface area contributed by atoms with Crippen molar-refractivity contribution in [2.24, 2.45) is 21.8 Å². The number of fused-ring (bicyclic) bond motifs is 1. The number of benzene rings is 2. The van der Waals surface area contributed by atoms with Crippen molar-refractivity contribution >= 4 is 35.3 Å². The third-order valence-electron chi connectivity index (χ3n) is 3.74. The van der Waals surface area contributed by atoms with Crippen LogP contribution in [0.25, 0.3) is 11.1 Å². The molecule has 2 aromatic carbocycles. The maximum atomic E-state index is 11.9. The van der Waals surface area contributed by atoms with E-state index in [0.29, 0.717) is 27.6 Å². The topological polar surface area (TPSA) is 132 Å². The Morgan fingerprint density at radius 1 is 1.29 bits per heavy atom. The van der Waals surface area contributed by atoms with E-state index >= 15 is 0 Å². The molecule has 0 saturated heterocycles. The van der Waals surface area contributed by atoms with E-state index in [-0.39, 0.29) is 11.7 Å². The number of nitrogens with zero attached hydrogens (tertiary/aromatic N) is 1. The highest BCUT2D eigenvalue weighted by Crippen LogP contribution is 2.35. The minimum atomic E-state index is -0.103. The molecule has 0 spiro atoms. The first-order valence-electron chi connectivity index (χ1n) is 6.96. The number of rotatable bonds is 4. The molecule has 0 aliphatic carbocycles. The van der Waals surface area contributed by atoms with Crippen molar-refractivity contribution in [3.05, 3.63) is 52.0 Å². The molecule has 2 aromatic rings. The second-order valence-corrected chi connectivity index (χ2v) is 6.24. The van der Waals surface area contributed by atoms with Gasteiger partial charge in [-0.15, -0.1) is 5.10 Å². The lowest BCUT2D eigenvalue weighted by atomic mass is 9.96. The Labute approximate surface area is 147 Å². The Hall–Kier alpha value is -2.26. The predicted octanol–water partition coefficient (Wildman–Crippen LogP) is 1.30. The molecule has 24 heavy (non-hydrogen) atoms. The van der Waals surface area contributed by atoms with E-state index in [1.807, 2.05) is 12.1 Å². The number of hydrazine groups is 1. The quantitative estimate of drug-likeness (QED) is 0.183. The van der Waals surface area contributed by atoms with Gasteiger partial charge in [-0.1, -0.05) is 23.7 Å². The molecule has 0 fully saturated rings. The van der Waals surface area contributed by atoms with E-state index in [0.717, 1.165) is 28.6 Å². The van der Waals surface area contributed by atoms with Crippen LogP contribution in [0.15, 0.2) is 40.3 Å². The van der Waals surface area contributed by atoms with E-state index in [2.05, 4.69) is 16.0 Å². The van der Waals surface area contributed by atoms with Crippen molar-refractivity contribution in [3.8, 4) is 11.1 Å². The Morgan fingerprint density at radius 2 is 2.08 bits per heavy atom. The summed E-state index contributed by atoms with van der Waals surface area (Å²) < 4.78 is 0. The van der Waals surface area contributed by atoms with E-state index in [9.17, 15) is 4.79 Å². The van der Waals surface area contributed by atoms with Crippen molar-refractivity contribution in [2.75, 3.05) is 0 Å². The van der Waals surface area contributed by atoms with Crippen LogP contribution in [-0.2, 0) is 6.54 Å². The number of amidine groups is 1. The van der Waals surface area contributed by atoms with Crippen LogP contribution >= 0.6 is 23.5 Å². The largest absolute Gasteiger partial charge is 0.382 e. The number of hydrogen-bond acceptors (Lipinski definition) is 6. The zero-order valence-electron chi connectivity index (χ0n) is 12.5. The molecule has 1 aliphatic rings. The first-order chi connectivity index (χ1) is 11.5. The average Bonchev–Trinajstić information content (AvgIpc) is 2.94. The summed E-state index contributed by atoms with van der Waals surface area (Å²) in [6.45, 7) is 0.529. The zero-order valence-corrected chi connectivity index (χ0v) is 14.0. The number of carbonyl (C=O) groups excluding carboxylic acids is 1. The summed E-state index contributed by atoms with van der Waals surface area (Å²) in [4.78, 5) is 12.6. The molecule has 1 aliphatic heterocycles. The van der Waals surface area contributed by atoms with E-state index < -0.39 is 0 Å². The highest BCUT2D eigenvalue weighted by molar-refractivity contribution is 7.97. The minimum absolute atomic E-state index is 0.103. The zero-order chi connectivity index (χ0) is 17.3. The van der Waals surface area contributed by atoms with Crippen LogP contribution in [-0.4, -0.2) is 11.7 Å². The van der Waals surface area contributed by atoms with Gasteiger partial charge in [0.15, 0.2) is 5.84 Å². The van der Waals surface area contributed by atoms with Crippen molar-refractivity contribution in [2.45, 2.75) is 11.4 Å². The highest BCUT2D eigenvalue weighted by Gasteiger charge is 2.21. The molecular formula is C15H15ClN6OS. The number of hydrazone groups is 1. The fraction of sp³-hybridized carbons (Fsp3) is 0.0667. The van der Waals surface area contributed by atoms with Crippen LogP contribution in [0.2, 0.25) is 5.02 Å². The first kappa shape index (κ1) is 16.6. The molecule has 9 heteroatoms. The molecule has 0 saturated carbocycles. The van der Waals surface area contributed by atoms with Crippen molar-refractivity contribution in [1.82, 2.24) is 10.9 Å². The summed E-state index contributed by atoms with van der Waals surface area (Å²) in [5.74, 6) is 5.30. The van der Waals surface area contributed by atoms with Gasteiger partial charge in [0, 0.05) is 27.6 Å². The molecule has 0 bridgehead atoms. The lowest BCUT2D eigenvalue weighted by Gasteiger charge is -2.14. The minimum Gasteiger partial charge on any atom is -0.382 e. The number of halogens is 1. The highest BCUT2D eigenvalue weighted by atomic mass is 35.5. The number of nitrogens with two attached hydrogens (primary N) is 3. The number of carbonyl (C=O) groups is 1. The molecule has 0 atom stereocenters. The van der Waals surface area contributed by atoms with Crippen molar-refractivity contribution in [1.29, 1.82) is 0 Å². The van der Waals surface area contributed by atoms with Crippen LogP contribution in [0.4, 0.5) is 0 Å². The molecule has 3 rings (SSSR count). The molecule has 7 nitrogen and oxygen atoms in total. The molecule has 0 aromatic heterocycles. The Bertz CT molecular complexity index is 854. The van der Waals surface area contributed by atoms with Gasteiger partial charge in [0.05, 0.1) is 0 Å². The van der Waals surface area contributed by atoms with Gasteiger partial charge in [-0.2, -0.15) is 0 Å². The second-order valence-electron chi connectivity index (χ2n) is 5.13. The van der Waals surface area contributed by atoms with Gasteiger partial charge in [0.25, 0.3) is 5.91 Å². The lowest BCUT2D eigenvalue weighted by molar-refractivity contribution is 0.0966. The molecule has 1 amide bonds. The van der Waals surface area contributed by atoms with Crippen LogP contribution in [0, 0.1) is 0 Å².